The maximum absolute atomic E-state index is 11.5. The molecule has 0 bridgehead atoms. The first kappa shape index (κ1) is 15.5. The standard InChI is InChI=1S/C12H18BrNO3S/c1-2-3-10-18(15,16)14-8-9-17-12-6-4-11(13)5-7-12/h4-7,14H,2-3,8-10H2,1H3. The molecule has 0 heterocycles. The van der Waals surface area contributed by atoms with Crippen LogP contribution in [0.5, 0.6) is 5.75 Å². The lowest BCUT2D eigenvalue weighted by atomic mass is 10.3. The van der Waals surface area contributed by atoms with Gasteiger partial charge in [0, 0.05) is 11.0 Å². The fourth-order valence-electron chi connectivity index (χ4n) is 1.30. The molecule has 18 heavy (non-hydrogen) atoms. The number of nitrogens with one attached hydrogen (secondary N) is 1. The maximum Gasteiger partial charge on any atom is 0.211 e. The summed E-state index contributed by atoms with van der Waals surface area (Å²) in [6.45, 7) is 2.58. The van der Waals surface area contributed by atoms with E-state index in [4.69, 9.17) is 4.74 Å². The number of unbranched alkanes of at least 4 members (excludes halogenated alkanes) is 1. The second-order valence-electron chi connectivity index (χ2n) is 3.87. The summed E-state index contributed by atoms with van der Waals surface area (Å²) in [6, 6.07) is 7.41. The van der Waals surface area contributed by atoms with Crippen molar-refractivity contribution in [2.24, 2.45) is 0 Å². The predicted octanol–water partition coefficient (Wildman–Crippen LogP) is 2.55. The monoisotopic (exact) mass is 335 g/mol. The first-order valence-electron chi connectivity index (χ1n) is 5.89. The molecular formula is C12H18BrNO3S. The molecule has 0 saturated carbocycles. The minimum absolute atomic E-state index is 0.182. The quantitative estimate of drug-likeness (QED) is 0.743. The summed E-state index contributed by atoms with van der Waals surface area (Å²) in [5.74, 6) is 0.910. The average molecular weight is 336 g/mol. The van der Waals surface area contributed by atoms with E-state index in [1.165, 1.54) is 0 Å². The van der Waals surface area contributed by atoms with E-state index in [0.717, 1.165) is 16.6 Å². The highest BCUT2D eigenvalue weighted by molar-refractivity contribution is 9.10. The van der Waals surface area contributed by atoms with Crippen molar-refractivity contribution >= 4 is 26.0 Å². The van der Waals surface area contributed by atoms with Crippen LogP contribution in [0, 0.1) is 0 Å². The molecule has 1 aromatic rings. The second kappa shape index (κ2) is 7.76. The summed E-state index contributed by atoms with van der Waals surface area (Å²) in [4.78, 5) is 0. The first-order valence-corrected chi connectivity index (χ1v) is 8.34. The summed E-state index contributed by atoms with van der Waals surface area (Å²) in [5.41, 5.74) is 0. The van der Waals surface area contributed by atoms with E-state index in [-0.39, 0.29) is 5.75 Å². The van der Waals surface area contributed by atoms with Crippen LogP contribution in [0.4, 0.5) is 0 Å². The summed E-state index contributed by atoms with van der Waals surface area (Å²) < 4.78 is 31.9. The van der Waals surface area contributed by atoms with Crippen molar-refractivity contribution in [3.05, 3.63) is 28.7 Å². The average Bonchev–Trinajstić information content (AvgIpc) is 2.34. The molecule has 102 valence electrons. The van der Waals surface area contributed by atoms with Crippen LogP contribution in [-0.4, -0.2) is 27.3 Å². The summed E-state index contributed by atoms with van der Waals surface area (Å²) >= 11 is 3.33. The molecule has 1 aromatic carbocycles. The largest absolute Gasteiger partial charge is 0.492 e. The van der Waals surface area contributed by atoms with Crippen molar-refractivity contribution in [1.29, 1.82) is 0 Å². The second-order valence-corrected chi connectivity index (χ2v) is 6.71. The molecule has 0 aliphatic carbocycles. The molecule has 0 atom stereocenters. The molecule has 0 radical (unpaired) electrons. The van der Waals surface area contributed by atoms with Gasteiger partial charge < -0.3 is 4.74 Å². The zero-order valence-corrected chi connectivity index (χ0v) is 12.8. The summed E-state index contributed by atoms with van der Waals surface area (Å²) in [6.07, 6.45) is 1.55. The van der Waals surface area contributed by atoms with Crippen LogP contribution in [0.15, 0.2) is 28.7 Å². The van der Waals surface area contributed by atoms with Crippen LogP contribution in [-0.2, 0) is 10.0 Å². The smallest absolute Gasteiger partial charge is 0.211 e. The van der Waals surface area contributed by atoms with Gasteiger partial charge in [-0.15, -0.1) is 0 Å². The van der Waals surface area contributed by atoms with Gasteiger partial charge in [0.1, 0.15) is 12.4 Å². The van der Waals surface area contributed by atoms with Gasteiger partial charge >= 0.3 is 0 Å². The third-order valence-corrected chi connectivity index (χ3v) is 4.27. The van der Waals surface area contributed by atoms with Gasteiger partial charge in [0.15, 0.2) is 0 Å². The number of rotatable bonds is 8. The van der Waals surface area contributed by atoms with Gasteiger partial charge in [-0.05, 0) is 30.7 Å². The Morgan fingerprint density at radius 1 is 1.28 bits per heavy atom. The number of hydrogen-bond donors (Lipinski definition) is 1. The lowest BCUT2D eigenvalue weighted by Crippen LogP contribution is -2.30. The Kier molecular flexibility index (Phi) is 6.67. The predicted molar refractivity (Wildman–Crippen MR) is 76.3 cm³/mol. The van der Waals surface area contributed by atoms with Gasteiger partial charge in [0.05, 0.1) is 5.75 Å². The molecule has 0 aliphatic heterocycles. The molecular weight excluding hydrogens is 318 g/mol. The highest BCUT2D eigenvalue weighted by Gasteiger charge is 2.07. The maximum atomic E-state index is 11.5. The molecule has 0 unspecified atom stereocenters. The van der Waals surface area contributed by atoms with Gasteiger partial charge in [0.25, 0.3) is 0 Å². The van der Waals surface area contributed by atoms with Crippen molar-refractivity contribution in [3.8, 4) is 5.75 Å². The van der Waals surface area contributed by atoms with Gasteiger partial charge in [-0.1, -0.05) is 29.3 Å². The minimum atomic E-state index is -3.14. The van der Waals surface area contributed by atoms with E-state index < -0.39 is 10.0 Å². The van der Waals surface area contributed by atoms with E-state index in [1.54, 1.807) is 0 Å². The van der Waals surface area contributed by atoms with Gasteiger partial charge in [-0.2, -0.15) is 0 Å². The molecule has 0 aromatic heterocycles. The Labute approximate surface area is 117 Å². The van der Waals surface area contributed by atoms with Crippen LogP contribution in [0.2, 0.25) is 0 Å². The molecule has 1 N–H and O–H groups in total. The lowest BCUT2D eigenvalue weighted by molar-refractivity contribution is 0.323. The summed E-state index contributed by atoms with van der Waals surface area (Å²) in [5, 5.41) is 0. The Hall–Kier alpha value is -0.590. The first-order chi connectivity index (χ1) is 8.53. The fourth-order valence-corrected chi connectivity index (χ4v) is 2.78. The van der Waals surface area contributed by atoms with Crippen molar-refractivity contribution in [2.75, 3.05) is 18.9 Å². The number of ether oxygens (including phenoxy) is 1. The van der Waals surface area contributed by atoms with E-state index in [1.807, 2.05) is 31.2 Å². The molecule has 0 aliphatic rings. The normalized spacial score (nSPS) is 11.4. The molecule has 0 amide bonds. The van der Waals surface area contributed by atoms with E-state index in [9.17, 15) is 8.42 Å². The van der Waals surface area contributed by atoms with Crippen LogP contribution >= 0.6 is 15.9 Å². The van der Waals surface area contributed by atoms with Crippen molar-refractivity contribution < 1.29 is 13.2 Å². The van der Waals surface area contributed by atoms with Crippen LogP contribution in [0.1, 0.15) is 19.8 Å². The molecule has 6 heteroatoms. The summed E-state index contributed by atoms with van der Waals surface area (Å²) in [7, 11) is -3.14. The molecule has 4 nitrogen and oxygen atoms in total. The van der Waals surface area contributed by atoms with Crippen LogP contribution in [0.25, 0.3) is 0 Å². The highest BCUT2D eigenvalue weighted by atomic mass is 79.9. The molecule has 0 fully saturated rings. The van der Waals surface area contributed by atoms with Crippen LogP contribution < -0.4 is 9.46 Å². The Morgan fingerprint density at radius 3 is 2.56 bits per heavy atom. The van der Waals surface area contributed by atoms with Crippen molar-refractivity contribution in [1.82, 2.24) is 4.72 Å². The van der Waals surface area contributed by atoms with E-state index in [0.29, 0.717) is 19.6 Å². The number of hydrogen-bond acceptors (Lipinski definition) is 3. The van der Waals surface area contributed by atoms with E-state index in [2.05, 4.69) is 20.7 Å². The minimum Gasteiger partial charge on any atom is -0.492 e. The third kappa shape index (κ3) is 6.37. The van der Waals surface area contributed by atoms with Crippen LogP contribution in [0.3, 0.4) is 0 Å². The Balaban J connectivity index is 2.24. The van der Waals surface area contributed by atoms with Crippen molar-refractivity contribution in [3.63, 3.8) is 0 Å². The van der Waals surface area contributed by atoms with Gasteiger partial charge in [0.2, 0.25) is 10.0 Å². The lowest BCUT2D eigenvalue weighted by Gasteiger charge is -2.08. The Morgan fingerprint density at radius 2 is 1.94 bits per heavy atom. The zero-order valence-electron chi connectivity index (χ0n) is 10.4. The molecule has 0 saturated heterocycles. The highest BCUT2D eigenvalue weighted by Crippen LogP contribution is 2.15. The topological polar surface area (TPSA) is 55.4 Å². The Bertz CT molecular complexity index is 445. The fraction of sp³-hybridized carbons (Fsp3) is 0.500. The van der Waals surface area contributed by atoms with Crippen molar-refractivity contribution in [2.45, 2.75) is 19.8 Å². The SMILES string of the molecule is CCCCS(=O)(=O)NCCOc1ccc(Br)cc1. The third-order valence-electron chi connectivity index (χ3n) is 2.27. The van der Waals surface area contributed by atoms with Gasteiger partial charge in [-0.3, -0.25) is 0 Å². The number of halogens is 1. The number of benzene rings is 1. The van der Waals surface area contributed by atoms with E-state index >= 15 is 0 Å². The molecule has 1 rings (SSSR count). The zero-order chi connectivity index (χ0) is 13.4. The number of sulfonamides is 1. The van der Waals surface area contributed by atoms with Gasteiger partial charge in [-0.25, -0.2) is 13.1 Å². The molecule has 0 spiro atoms.